The van der Waals surface area contributed by atoms with Gasteiger partial charge < -0.3 is 25.2 Å². The molecule has 0 amide bonds. The first-order valence-corrected chi connectivity index (χ1v) is 4.54. The van der Waals surface area contributed by atoms with E-state index in [9.17, 15) is 5.11 Å². The lowest BCUT2D eigenvalue weighted by Gasteiger charge is -2.25. The minimum Gasteiger partial charge on any atom is -0.394 e. The summed E-state index contributed by atoms with van der Waals surface area (Å²) in [5.41, 5.74) is 0. The predicted molar refractivity (Wildman–Crippen MR) is 49.5 cm³/mol. The first-order valence-electron chi connectivity index (χ1n) is 4.17. The topological polar surface area (TPSA) is 102 Å². The van der Waals surface area contributed by atoms with E-state index < -0.39 is 31.2 Å². The van der Waals surface area contributed by atoms with Crippen molar-refractivity contribution in [3.05, 3.63) is 0 Å². The molecule has 0 saturated carbocycles. The number of aliphatic hydroxyl groups is 4. The van der Waals surface area contributed by atoms with Crippen LogP contribution in [0, 0.1) is 0 Å². The molecule has 0 bridgehead atoms. The van der Waals surface area contributed by atoms with Crippen molar-refractivity contribution in [2.45, 2.75) is 31.5 Å². The zero-order chi connectivity index (χ0) is 11.1. The van der Waals surface area contributed by atoms with Crippen LogP contribution in [0.25, 0.3) is 0 Å². The van der Waals surface area contributed by atoms with Crippen molar-refractivity contribution >= 4 is 11.8 Å². The first-order chi connectivity index (χ1) is 6.52. The maximum absolute atomic E-state index is 9.30. The summed E-state index contributed by atoms with van der Waals surface area (Å²) < 4.78 is 4.81. The van der Waals surface area contributed by atoms with Crippen molar-refractivity contribution in [2.75, 3.05) is 13.2 Å². The van der Waals surface area contributed by atoms with E-state index in [4.69, 9.17) is 31.8 Å². The standard InChI is InChI=1S/C7H16ClNO5/c1-4(11)7(13)5(3-10)14-6(12)2-9-8/h4-7,9-13H,2-3H2,1H3/t4-,5?,6?,7-/m1/s1. The Bertz CT molecular complexity index is 148. The molecule has 0 aromatic heterocycles. The van der Waals surface area contributed by atoms with Gasteiger partial charge in [0.25, 0.3) is 0 Å². The molecule has 86 valence electrons. The lowest BCUT2D eigenvalue weighted by Crippen LogP contribution is -2.43. The van der Waals surface area contributed by atoms with Crippen molar-refractivity contribution in [3.8, 4) is 0 Å². The van der Waals surface area contributed by atoms with Gasteiger partial charge in [-0.1, -0.05) is 0 Å². The van der Waals surface area contributed by atoms with Crippen LogP contribution in [0.1, 0.15) is 6.92 Å². The van der Waals surface area contributed by atoms with Crippen LogP contribution in [0.3, 0.4) is 0 Å². The van der Waals surface area contributed by atoms with Gasteiger partial charge in [-0.2, -0.15) is 0 Å². The highest BCUT2D eigenvalue weighted by molar-refractivity contribution is 6.13. The highest BCUT2D eigenvalue weighted by atomic mass is 35.5. The lowest BCUT2D eigenvalue weighted by atomic mass is 10.1. The quantitative estimate of drug-likeness (QED) is 0.260. The van der Waals surface area contributed by atoms with Gasteiger partial charge in [-0.05, 0) is 18.7 Å². The highest BCUT2D eigenvalue weighted by Gasteiger charge is 2.25. The van der Waals surface area contributed by atoms with E-state index in [-0.39, 0.29) is 6.54 Å². The second kappa shape index (κ2) is 7.36. The largest absolute Gasteiger partial charge is 0.394 e. The van der Waals surface area contributed by atoms with Gasteiger partial charge in [0.15, 0.2) is 6.29 Å². The summed E-state index contributed by atoms with van der Waals surface area (Å²) in [4.78, 5) is 2.14. The summed E-state index contributed by atoms with van der Waals surface area (Å²) in [6, 6.07) is 0. The number of nitrogens with one attached hydrogen (secondary N) is 1. The summed E-state index contributed by atoms with van der Waals surface area (Å²) in [5, 5.41) is 36.2. The van der Waals surface area contributed by atoms with Gasteiger partial charge in [0.1, 0.15) is 12.2 Å². The molecule has 0 saturated heterocycles. The lowest BCUT2D eigenvalue weighted by molar-refractivity contribution is -0.185. The summed E-state index contributed by atoms with van der Waals surface area (Å²) in [6.07, 6.45) is -4.61. The Kier molecular flexibility index (Phi) is 7.38. The Labute approximate surface area is 87.2 Å². The second-order valence-corrected chi connectivity index (χ2v) is 3.15. The molecule has 0 aliphatic carbocycles. The van der Waals surface area contributed by atoms with Crippen LogP contribution in [0.4, 0.5) is 0 Å². The smallest absolute Gasteiger partial charge is 0.168 e. The average molecular weight is 230 g/mol. The zero-order valence-electron chi connectivity index (χ0n) is 7.80. The third kappa shape index (κ3) is 5.06. The zero-order valence-corrected chi connectivity index (χ0v) is 8.55. The van der Waals surface area contributed by atoms with Crippen LogP contribution in [0.5, 0.6) is 0 Å². The molecule has 0 rings (SSSR count). The number of ether oxygens (including phenoxy) is 1. The first kappa shape index (κ1) is 14.1. The molecule has 7 heteroatoms. The molecular formula is C7H16ClNO5. The molecule has 0 aromatic carbocycles. The minimum absolute atomic E-state index is 0.0510. The third-order valence-corrected chi connectivity index (χ3v) is 1.79. The Morgan fingerprint density at radius 1 is 1.36 bits per heavy atom. The maximum Gasteiger partial charge on any atom is 0.168 e. The molecule has 0 aliphatic heterocycles. The van der Waals surface area contributed by atoms with Crippen molar-refractivity contribution in [3.63, 3.8) is 0 Å². The highest BCUT2D eigenvalue weighted by Crippen LogP contribution is 2.06. The van der Waals surface area contributed by atoms with Crippen molar-refractivity contribution in [2.24, 2.45) is 0 Å². The molecule has 0 fully saturated rings. The summed E-state index contributed by atoms with van der Waals surface area (Å²) in [6.45, 7) is 0.791. The Morgan fingerprint density at radius 3 is 2.29 bits per heavy atom. The van der Waals surface area contributed by atoms with Crippen LogP contribution < -0.4 is 4.84 Å². The number of aliphatic hydroxyl groups excluding tert-OH is 4. The van der Waals surface area contributed by atoms with E-state index in [0.717, 1.165) is 0 Å². The third-order valence-electron chi connectivity index (χ3n) is 1.64. The minimum atomic E-state index is -1.26. The molecule has 0 heterocycles. The Hall–Kier alpha value is 0.0500. The van der Waals surface area contributed by atoms with E-state index in [1.165, 1.54) is 6.92 Å². The normalized spacial score (nSPS) is 20.1. The fourth-order valence-corrected chi connectivity index (χ4v) is 0.990. The van der Waals surface area contributed by atoms with Gasteiger partial charge in [0.05, 0.1) is 19.3 Å². The number of hydrogen-bond acceptors (Lipinski definition) is 6. The molecule has 0 aromatic rings. The number of rotatable bonds is 7. The van der Waals surface area contributed by atoms with E-state index >= 15 is 0 Å². The van der Waals surface area contributed by atoms with Gasteiger partial charge in [0.2, 0.25) is 0 Å². The van der Waals surface area contributed by atoms with Crippen molar-refractivity contribution in [1.29, 1.82) is 0 Å². The van der Waals surface area contributed by atoms with E-state index in [0.29, 0.717) is 0 Å². The van der Waals surface area contributed by atoms with Gasteiger partial charge >= 0.3 is 0 Å². The van der Waals surface area contributed by atoms with E-state index in [2.05, 4.69) is 4.84 Å². The molecule has 0 aliphatic rings. The monoisotopic (exact) mass is 229 g/mol. The summed E-state index contributed by atoms with van der Waals surface area (Å²) in [7, 11) is 0. The number of hydrogen-bond donors (Lipinski definition) is 5. The van der Waals surface area contributed by atoms with Gasteiger partial charge in [-0.15, -0.1) is 0 Å². The molecular weight excluding hydrogens is 214 g/mol. The predicted octanol–water partition coefficient (Wildman–Crippen LogP) is -1.83. The van der Waals surface area contributed by atoms with E-state index in [1.54, 1.807) is 0 Å². The fourth-order valence-electron chi connectivity index (χ4n) is 0.858. The molecule has 5 N–H and O–H groups in total. The van der Waals surface area contributed by atoms with Crippen LogP contribution in [-0.4, -0.2) is 58.2 Å². The SMILES string of the molecule is C[C@@H](O)[C@@H](O)C(CO)OC(O)CNCl. The fraction of sp³-hybridized carbons (Fsp3) is 1.00. The Balaban J connectivity index is 4.01. The molecule has 6 nitrogen and oxygen atoms in total. The van der Waals surface area contributed by atoms with Crippen molar-refractivity contribution in [1.82, 2.24) is 4.84 Å². The van der Waals surface area contributed by atoms with Crippen LogP contribution in [-0.2, 0) is 4.74 Å². The van der Waals surface area contributed by atoms with Crippen LogP contribution in [0.2, 0.25) is 0 Å². The van der Waals surface area contributed by atoms with Gasteiger partial charge in [0, 0.05) is 0 Å². The van der Waals surface area contributed by atoms with Crippen LogP contribution >= 0.6 is 11.8 Å². The molecule has 2 unspecified atom stereocenters. The molecule has 4 atom stereocenters. The Morgan fingerprint density at radius 2 is 1.93 bits per heavy atom. The van der Waals surface area contributed by atoms with Crippen molar-refractivity contribution < 1.29 is 25.2 Å². The molecule has 0 radical (unpaired) electrons. The maximum atomic E-state index is 9.30. The van der Waals surface area contributed by atoms with Gasteiger partial charge in [-0.3, -0.25) is 0 Å². The molecule has 0 spiro atoms. The second-order valence-electron chi connectivity index (χ2n) is 2.88. The van der Waals surface area contributed by atoms with Crippen LogP contribution in [0.15, 0.2) is 0 Å². The number of halogens is 1. The summed E-state index contributed by atoms with van der Waals surface area (Å²) >= 11 is 5.10. The van der Waals surface area contributed by atoms with Gasteiger partial charge in [-0.25, -0.2) is 4.84 Å². The summed E-state index contributed by atoms with van der Waals surface area (Å²) in [5.74, 6) is 0. The van der Waals surface area contributed by atoms with E-state index in [1.807, 2.05) is 0 Å². The average Bonchev–Trinajstić information content (AvgIpc) is 2.13. The molecule has 14 heavy (non-hydrogen) atoms.